The summed E-state index contributed by atoms with van der Waals surface area (Å²) in [5.74, 6) is -2.45. The van der Waals surface area contributed by atoms with Crippen LogP contribution in [0.4, 0.5) is 18.0 Å². The van der Waals surface area contributed by atoms with Gasteiger partial charge in [-0.1, -0.05) is 35.5 Å². The van der Waals surface area contributed by atoms with E-state index in [-0.39, 0.29) is 0 Å². The number of ether oxygens (including phenoxy) is 1. The molecule has 10 nitrogen and oxygen atoms in total. The highest BCUT2D eigenvalue weighted by Crippen LogP contribution is 2.38. The number of urea groups is 1. The number of aromatic nitrogens is 1. The number of para-hydroxylation sites is 1. The van der Waals surface area contributed by atoms with Gasteiger partial charge in [-0.25, -0.2) is 9.59 Å². The van der Waals surface area contributed by atoms with Crippen LogP contribution in [0, 0.1) is 6.92 Å². The summed E-state index contributed by atoms with van der Waals surface area (Å²) in [7, 11) is 0. The molecule has 0 aliphatic carbocycles. The van der Waals surface area contributed by atoms with Crippen LogP contribution in [-0.2, 0) is 26.6 Å². The monoisotopic (exact) mass is 558 g/mol. The van der Waals surface area contributed by atoms with Crippen LogP contribution >= 0.6 is 0 Å². The minimum Gasteiger partial charge on any atom is -0.489 e. The quantitative estimate of drug-likeness (QED) is 0.396. The van der Waals surface area contributed by atoms with Gasteiger partial charge in [-0.05, 0) is 50.6 Å². The maximum Gasteiger partial charge on any atom is 0.490 e. The Labute approximate surface area is 226 Å². The SMILES string of the molecule is Cc1cc(COc2ccc(C3(C)CC(C4(C)NC(=O)NC4=O)=NO3)cc2)c2ccccc2n1.O=C(O)C(F)(F)F. The zero-order valence-electron chi connectivity index (χ0n) is 21.6. The lowest BCUT2D eigenvalue weighted by atomic mass is 9.84. The van der Waals surface area contributed by atoms with Crippen molar-refractivity contribution in [1.29, 1.82) is 0 Å². The zero-order chi connectivity index (χ0) is 29.3. The smallest absolute Gasteiger partial charge is 0.489 e. The number of amides is 3. The van der Waals surface area contributed by atoms with E-state index >= 15 is 0 Å². The van der Waals surface area contributed by atoms with Crippen LogP contribution in [0.1, 0.15) is 37.1 Å². The van der Waals surface area contributed by atoms with Gasteiger partial charge in [0.2, 0.25) is 0 Å². The first-order valence-corrected chi connectivity index (χ1v) is 12.0. The number of carboxylic acids is 1. The van der Waals surface area contributed by atoms with Crippen molar-refractivity contribution in [2.75, 3.05) is 0 Å². The fourth-order valence-corrected chi connectivity index (χ4v) is 4.29. The number of carboxylic acid groups (broad SMARTS) is 1. The van der Waals surface area contributed by atoms with Crippen molar-refractivity contribution < 1.29 is 42.2 Å². The highest BCUT2D eigenvalue weighted by molar-refractivity contribution is 6.22. The minimum absolute atomic E-state index is 0.375. The van der Waals surface area contributed by atoms with E-state index < -0.39 is 35.2 Å². The molecule has 2 unspecified atom stereocenters. The third-order valence-electron chi connectivity index (χ3n) is 6.52. The van der Waals surface area contributed by atoms with Crippen molar-refractivity contribution in [2.45, 2.75) is 51.1 Å². The minimum atomic E-state index is -5.08. The Morgan fingerprint density at radius 1 is 1.12 bits per heavy atom. The van der Waals surface area contributed by atoms with E-state index in [4.69, 9.17) is 19.5 Å². The van der Waals surface area contributed by atoms with Crippen LogP contribution in [0.3, 0.4) is 0 Å². The van der Waals surface area contributed by atoms with E-state index in [0.29, 0.717) is 18.7 Å². The molecular formula is C27H25F3N4O6. The summed E-state index contributed by atoms with van der Waals surface area (Å²) in [6.07, 6.45) is -4.71. The number of oxime groups is 1. The number of halogens is 3. The maximum absolute atomic E-state index is 12.2. The summed E-state index contributed by atoms with van der Waals surface area (Å²) < 4.78 is 37.8. The second-order valence-corrected chi connectivity index (χ2v) is 9.63. The van der Waals surface area contributed by atoms with Crippen molar-refractivity contribution in [3.8, 4) is 5.75 Å². The van der Waals surface area contributed by atoms with E-state index in [9.17, 15) is 22.8 Å². The topological polar surface area (TPSA) is 139 Å². The number of hydrogen-bond acceptors (Lipinski definition) is 7. The number of nitrogens with zero attached hydrogens (tertiary/aromatic N) is 2. The Kier molecular flexibility index (Phi) is 7.42. The Hall–Kier alpha value is -4.68. The van der Waals surface area contributed by atoms with Gasteiger partial charge in [0, 0.05) is 23.1 Å². The summed E-state index contributed by atoms with van der Waals surface area (Å²) in [5.41, 5.74) is 2.41. The average Bonchev–Trinajstić information content (AvgIpc) is 3.42. The number of aryl methyl sites for hydroxylation is 1. The van der Waals surface area contributed by atoms with Gasteiger partial charge in [0.05, 0.1) is 11.2 Å². The number of rotatable bonds is 5. The number of alkyl halides is 3. The molecule has 3 N–H and O–H groups in total. The Morgan fingerprint density at radius 2 is 1.77 bits per heavy atom. The van der Waals surface area contributed by atoms with Gasteiger partial charge < -0.3 is 20.0 Å². The molecule has 3 amide bonds. The Balaban J connectivity index is 0.000000470. The van der Waals surface area contributed by atoms with Gasteiger partial charge in [-0.3, -0.25) is 15.1 Å². The summed E-state index contributed by atoms with van der Waals surface area (Å²) >= 11 is 0. The number of imide groups is 1. The molecule has 210 valence electrons. The first-order valence-electron chi connectivity index (χ1n) is 12.0. The van der Waals surface area contributed by atoms with Crippen molar-refractivity contribution in [1.82, 2.24) is 15.6 Å². The van der Waals surface area contributed by atoms with E-state index in [1.807, 2.05) is 68.4 Å². The first kappa shape index (κ1) is 28.3. The van der Waals surface area contributed by atoms with Crippen LogP contribution in [0.2, 0.25) is 0 Å². The third kappa shape index (κ3) is 5.82. The molecular weight excluding hydrogens is 533 g/mol. The summed E-state index contributed by atoms with van der Waals surface area (Å²) in [6, 6.07) is 17.2. The molecule has 0 radical (unpaired) electrons. The number of aliphatic carboxylic acids is 1. The van der Waals surface area contributed by atoms with Gasteiger partial charge in [-0.15, -0.1) is 0 Å². The average molecular weight is 559 g/mol. The molecule has 0 saturated carbocycles. The van der Waals surface area contributed by atoms with Gasteiger partial charge in [-0.2, -0.15) is 13.2 Å². The van der Waals surface area contributed by atoms with Crippen LogP contribution in [0.15, 0.2) is 59.8 Å². The molecule has 3 heterocycles. The lowest BCUT2D eigenvalue weighted by Gasteiger charge is -2.24. The summed E-state index contributed by atoms with van der Waals surface area (Å²) in [5, 5.41) is 17.2. The summed E-state index contributed by atoms with van der Waals surface area (Å²) in [4.78, 5) is 43.0. The molecule has 3 aromatic rings. The predicted molar refractivity (Wildman–Crippen MR) is 137 cm³/mol. The normalized spacial score (nSPS) is 22.0. The van der Waals surface area contributed by atoms with Crippen LogP contribution in [0.5, 0.6) is 5.75 Å². The Bertz CT molecular complexity index is 1510. The van der Waals surface area contributed by atoms with E-state index in [0.717, 1.165) is 33.5 Å². The van der Waals surface area contributed by atoms with Gasteiger partial charge in [0.25, 0.3) is 5.91 Å². The van der Waals surface area contributed by atoms with Crippen molar-refractivity contribution in [3.63, 3.8) is 0 Å². The lowest BCUT2D eigenvalue weighted by molar-refractivity contribution is -0.192. The number of pyridine rings is 1. The van der Waals surface area contributed by atoms with E-state index in [1.165, 1.54) is 0 Å². The van der Waals surface area contributed by atoms with Crippen LogP contribution in [-0.4, -0.2) is 45.4 Å². The summed E-state index contributed by atoms with van der Waals surface area (Å²) in [6.45, 7) is 5.94. The molecule has 2 atom stereocenters. The zero-order valence-corrected chi connectivity index (χ0v) is 21.6. The van der Waals surface area contributed by atoms with Gasteiger partial charge in [0.15, 0.2) is 11.1 Å². The lowest BCUT2D eigenvalue weighted by Crippen LogP contribution is -2.51. The second kappa shape index (κ2) is 10.5. The molecule has 1 saturated heterocycles. The van der Waals surface area contributed by atoms with Crippen molar-refractivity contribution >= 4 is 34.5 Å². The molecule has 2 aliphatic rings. The van der Waals surface area contributed by atoms with E-state index in [2.05, 4.69) is 20.8 Å². The van der Waals surface area contributed by atoms with Gasteiger partial charge in [0.1, 0.15) is 12.4 Å². The highest BCUT2D eigenvalue weighted by Gasteiger charge is 2.51. The number of benzene rings is 2. The number of hydrogen-bond donors (Lipinski definition) is 3. The molecule has 1 fully saturated rings. The number of fused-ring (bicyclic) bond motifs is 1. The molecule has 2 aliphatic heterocycles. The molecule has 5 rings (SSSR count). The number of carbonyl (C=O) groups is 3. The Morgan fingerprint density at radius 3 is 2.38 bits per heavy atom. The third-order valence-corrected chi connectivity index (χ3v) is 6.52. The number of carbonyl (C=O) groups excluding carboxylic acids is 2. The molecule has 0 spiro atoms. The predicted octanol–water partition coefficient (Wildman–Crippen LogP) is 4.35. The standard InChI is InChI=1S/C25H24N4O4.C2HF3O2/c1-15-12-16(19-6-4-5-7-20(19)26-15)14-32-18-10-8-17(9-11-18)24(2)13-21(29-33-24)25(3)22(30)27-23(31)28-25;3-2(4,5)1(6)7/h4-12H,13-14H2,1-3H3,(H2,27,28,30,31);(H,6,7). The molecule has 0 bridgehead atoms. The van der Waals surface area contributed by atoms with E-state index in [1.54, 1.807) is 6.92 Å². The molecule has 2 aromatic carbocycles. The second-order valence-electron chi connectivity index (χ2n) is 9.63. The molecule has 40 heavy (non-hydrogen) atoms. The van der Waals surface area contributed by atoms with Crippen molar-refractivity contribution in [2.24, 2.45) is 5.16 Å². The van der Waals surface area contributed by atoms with Gasteiger partial charge >= 0.3 is 18.2 Å². The number of nitrogens with one attached hydrogen (secondary N) is 2. The molecule has 1 aromatic heterocycles. The first-order chi connectivity index (χ1) is 18.7. The molecule has 13 heteroatoms. The van der Waals surface area contributed by atoms with Crippen LogP contribution in [0.25, 0.3) is 10.9 Å². The highest BCUT2D eigenvalue weighted by atomic mass is 19.4. The largest absolute Gasteiger partial charge is 0.490 e. The fourth-order valence-electron chi connectivity index (χ4n) is 4.29. The maximum atomic E-state index is 12.2. The van der Waals surface area contributed by atoms with Crippen molar-refractivity contribution in [3.05, 3.63) is 71.4 Å². The fraction of sp³-hybridized carbons (Fsp3) is 0.296. The van der Waals surface area contributed by atoms with Crippen LogP contribution < -0.4 is 15.4 Å².